The van der Waals surface area contributed by atoms with E-state index in [-0.39, 0.29) is 12.0 Å². The first-order chi connectivity index (χ1) is 9.84. The predicted octanol–water partition coefficient (Wildman–Crippen LogP) is 3.32. The molecule has 1 saturated heterocycles. The summed E-state index contributed by atoms with van der Waals surface area (Å²) in [5.74, 6) is -0.00523. The molecule has 0 unspecified atom stereocenters. The van der Waals surface area contributed by atoms with Gasteiger partial charge >= 0.3 is 0 Å². The maximum absolute atomic E-state index is 12.3. The summed E-state index contributed by atoms with van der Waals surface area (Å²) in [6.45, 7) is 1.42. The van der Waals surface area contributed by atoms with Crippen molar-refractivity contribution in [1.29, 1.82) is 0 Å². The lowest BCUT2D eigenvalue weighted by molar-refractivity contribution is 0.0861. The largest absolute Gasteiger partial charge is 0.376 e. The Morgan fingerprint density at radius 3 is 2.90 bits per heavy atom. The summed E-state index contributed by atoms with van der Waals surface area (Å²) in [4.78, 5) is 13.1. The van der Waals surface area contributed by atoms with E-state index >= 15 is 0 Å². The minimum atomic E-state index is -0.00523. The molecule has 1 aliphatic rings. The minimum absolute atomic E-state index is 0.00523. The first-order valence-electron chi connectivity index (χ1n) is 6.87. The molecule has 3 rings (SSSR count). The average molecular weight is 287 g/mol. The highest BCUT2D eigenvalue weighted by molar-refractivity contribution is 7.12. The smallest absolute Gasteiger partial charge is 0.262 e. The van der Waals surface area contributed by atoms with Crippen molar-refractivity contribution in [2.75, 3.05) is 13.2 Å². The highest BCUT2D eigenvalue weighted by Gasteiger charge is 2.19. The fourth-order valence-corrected chi connectivity index (χ4v) is 3.25. The SMILES string of the molecule is O=C(NC[C@@H]1CCCO1)c1sccc1-c1ccccc1. The van der Waals surface area contributed by atoms with Gasteiger partial charge in [-0.1, -0.05) is 30.3 Å². The van der Waals surface area contributed by atoms with Crippen molar-refractivity contribution < 1.29 is 9.53 Å². The molecule has 104 valence electrons. The van der Waals surface area contributed by atoms with Gasteiger partial charge in [0.25, 0.3) is 5.91 Å². The highest BCUT2D eigenvalue weighted by atomic mass is 32.1. The Hall–Kier alpha value is -1.65. The van der Waals surface area contributed by atoms with Crippen molar-refractivity contribution >= 4 is 17.2 Å². The number of rotatable bonds is 4. The molecule has 0 aliphatic carbocycles. The number of nitrogens with one attached hydrogen (secondary N) is 1. The Bertz CT molecular complexity index is 573. The normalized spacial score (nSPS) is 18.1. The van der Waals surface area contributed by atoms with E-state index in [2.05, 4.69) is 5.32 Å². The molecule has 1 N–H and O–H groups in total. The van der Waals surface area contributed by atoms with Crippen molar-refractivity contribution in [3.8, 4) is 11.1 Å². The average Bonchev–Trinajstić information content (AvgIpc) is 3.17. The zero-order valence-electron chi connectivity index (χ0n) is 11.2. The van der Waals surface area contributed by atoms with E-state index in [0.29, 0.717) is 6.54 Å². The summed E-state index contributed by atoms with van der Waals surface area (Å²) in [5.41, 5.74) is 2.08. The Kier molecular flexibility index (Phi) is 4.14. The van der Waals surface area contributed by atoms with Crippen LogP contribution in [0.25, 0.3) is 11.1 Å². The van der Waals surface area contributed by atoms with Crippen molar-refractivity contribution in [1.82, 2.24) is 5.32 Å². The Morgan fingerprint density at radius 2 is 2.15 bits per heavy atom. The number of carbonyl (C=O) groups excluding carboxylic acids is 1. The summed E-state index contributed by atoms with van der Waals surface area (Å²) in [6, 6.07) is 12.0. The monoisotopic (exact) mass is 287 g/mol. The van der Waals surface area contributed by atoms with Gasteiger partial charge in [0.1, 0.15) is 0 Å². The molecule has 0 bridgehead atoms. The summed E-state index contributed by atoms with van der Waals surface area (Å²) in [6.07, 6.45) is 2.31. The van der Waals surface area contributed by atoms with Gasteiger partial charge in [0.05, 0.1) is 11.0 Å². The van der Waals surface area contributed by atoms with E-state index < -0.39 is 0 Å². The lowest BCUT2D eigenvalue weighted by atomic mass is 10.1. The fraction of sp³-hybridized carbons (Fsp3) is 0.312. The topological polar surface area (TPSA) is 38.3 Å². The number of amides is 1. The molecule has 3 nitrogen and oxygen atoms in total. The van der Waals surface area contributed by atoms with Crippen LogP contribution < -0.4 is 5.32 Å². The Labute approximate surface area is 122 Å². The molecule has 4 heteroatoms. The van der Waals surface area contributed by atoms with Crippen LogP contribution in [-0.4, -0.2) is 25.2 Å². The van der Waals surface area contributed by atoms with Crippen molar-refractivity contribution in [2.24, 2.45) is 0 Å². The third-order valence-electron chi connectivity index (χ3n) is 3.47. The molecule has 2 aromatic rings. The second kappa shape index (κ2) is 6.20. The van der Waals surface area contributed by atoms with Gasteiger partial charge in [0.2, 0.25) is 0 Å². The van der Waals surface area contributed by atoms with E-state index in [1.807, 2.05) is 41.8 Å². The van der Waals surface area contributed by atoms with Gasteiger partial charge in [-0.25, -0.2) is 0 Å². The number of thiophene rings is 1. The molecule has 1 atom stereocenters. The maximum atomic E-state index is 12.3. The van der Waals surface area contributed by atoms with E-state index in [0.717, 1.165) is 35.5 Å². The first-order valence-corrected chi connectivity index (χ1v) is 7.75. The van der Waals surface area contributed by atoms with Crippen molar-refractivity contribution in [3.63, 3.8) is 0 Å². The second-order valence-electron chi connectivity index (χ2n) is 4.87. The molecule has 1 fully saturated rings. The van der Waals surface area contributed by atoms with Gasteiger partial charge < -0.3 is 10.1 Å². The lowest BCUT2D eigenvalue weighted by Crippen LogP contribution is -2.31. The van der Waals surface area contributed by atoms with E-state index in [1.54, 1.807) is 0 Å². The standard InChI is InChI=1S/C16H17NO2S/c18-16(17-11-13-7-4-9-19-13)15-14(8-10-20-15)12-5-2-1-3-6-12/h1-3,5-6,8,10,13H,4,7,9,11H2,(H,17,18)/t13-/m0/s1. The Balaban J connectivity index is 1.70. The van der Waals surface area contributed by atoms with Crippen LogP contribution in [0.2, 0.25) is 0 Å². The van der Waals surface area contributed by atoms with Gasteiger partial charge in [-0.3, -0.25) is 4.79 Å². The van der Waals surface area contributed by atoms with Gasteiger partial charge in [-0.15, -0.1) is 11.3 Å². The van der Waals surface area contributed by atoms with Crippen LogP contribution in [0.1, 0.15) is 22.5 Å². The molecular formula is C16H17NO2S. The van der Waals surface area contributed by atoms with Crippen LogP contribution in [-0.2, 0) is 4.74 Å². The minimum Gasteiger partial charge on any atom is -0.376 e. The maximum Gasteiger partial charge on any atom is 0.262 e. The molecular weight excluding hydrogens is 270 g/mol. The molecule has 0 saturated carbocycles. The predicted molar refractivity (Wildman–Crippen MR) is 81.1 cm³/mol. The van der Waals surface area contributed by atoms with Crippen LogP contribution in [0.5, 0.6) is 0 Å². The molecule has 1 aromatic heterocycles. The van der Waals surface area contributed by atoms with Crippen LogP contribution in [0.4, 0.5) is 0 Å². The Morgan fingerprint density at radius 1 is 1.30 bits per heavy atom. The van der Waals surface area contributed by atoms with Gasteiger partial charge in [-0.05, 0) is 29.9 Å². The number of carbonyl (C=O) groups is 1. The van der Waals surface area contributed by atoms with Crippen LogP contribution >= 0.6 is 11.3 Å². The van der Waals surface area contributed by atoms with E-state index in [4.69, 9.17) is 4.74 Å². The molecule has 1 aliphatic heterocycles. The lowest BCUT2D eigenvalue weighted by Gasteiger charge is -2.11. The molecule has 20 heavy (non-hydrogen) atoms. The molecule has 0 spiro atoms. The van der Waals surface area contributed by atoms with Crippen molar-refractivity contribution in [2.45, 2.75) is 18.9 Å². The number of hydrogen-bond donors (Lipinski definition) is 1. The number of hydrogen-bond acceptors (Lipinski definition) is 3. The van der Waals surface area contributed by atoms with Crippen LogP contribution in [0, 0.1) is 0 Å². The summed E-state index contributed by atoms with van der Waals surface area (Å²) >= 11 is 1.48. The van der Waals surface area contributed by atoms with Gasteiger partial charge in [0, 0.05) is 18.7 Å². The third-order valence-corrected chi connectivity index (χ3v) is 4.38. The quantitative estimate of drug-likeness (QED) is 0.936. The zero-order chi connectivity index (χ0) is 13.8. The number of benzene rings is 1. The molecule has 1 aromatic carbocycles. The summed E-state index contributed by atoms with van der Waals surface area (Å²) in [5, 5.41) is 4.95. The summed E-state index contributed by atoms with van der Waals surface area (Å²) in [7, 11) is 0. The van der Waals surface area contributed by atoms with Gasteiger partial charge in [-0.2, -0.15) is 0 Å². The van der Waals surface area contributed by atoms with E-state index in [1.165, 1.54) is 11.3 Å². The third kappa shape index (κ3) is 2.92. The first kappa shape index (κ1) is 13.3. The number of ether oxygens (including phenoxy) is 1. The fourth-order valence-electron chi connectivity index (χ4n) is 2.42. The van der Waals surface area contributed by atoms with Crippen LogP contribution in [0.3, 0.4) is 0 Å². The second-order valence-corrected chi connectivity index (χ2v) is 5.79. The van der Waals surface area contributed by atoms with E-state index in [9.17, 15) is 4.79 Å². The zero-order valence-corrected chi connectivity index (χ0v) is 12.0. The molecule has 2 heterocycles. The van der Waals surface area contributed by atoms with Gasteiger partial charge in [0.15, 0.2) is 0 Å². The summed E-state index contributed by atoms with van der Waals surface area (Å²) < 4.78 is 5.52. The molecule has 1 amide bonds. The molecule has 0 radical (unpaired) electrons. The highest BCUT2D eigenvalue weighted by Crippen LogP contribution is 2.28. The van der Waals surface area contributed by atoms with Crippen LogP contribution in [0.15, 0.2) is 41.8 Å². The van der Waals surface area contributed by atoms with Crippen molar-refractivity contribution in [3.05, 3.63) is 46.7 Å².